The number of aromatic nitrogens is 1. The van der Waals surface area contributed by atoms with Gasteiger partial charge in [0.1, 0.15) is 0 Å². The van der Waals surface area contributed by atoms with Gasteiger partial charge in [0.25, 0.3) is 0 Å². The highest BCUT2D eigenvalue weighted by Crippen LogP contribution is 2.26. The van der Waals surface area contributed by atoms with Crippen LogP contribution in [0.4, 0.5) is 0 Å². The van der Waals surface area contributed by atoms with Crippen LogP contribution in [0.5, 0.6) is 0 Å². The number of halogens is 1. The molecule has 1 heterocycles. The second kappa shape index (κ2) is 5.47. The summed E-state index contributed by atoms with van der Waals surface area (Å²) in [7, 11) is 0. The van der Waals surface area contributed by atoms with Crippen molar-refractivity contribution < 1.29 is 0 Å². The zero-order valence-corrected chi connectivity index (χ0v) is 9.93. The van der Waals surface area contributed by atoms with Crippen LogP contribution in [0.25, 0.3) is 0 Å². The molecule has 0 aliphatic rings. The Balaban J connectivity index is 2.36. The van der Waals surface area contributed by atoms with E-state index in [1.165, 1.54) is 0 Å². The lowest BCUT2D eigenvalue weighted by atomic mass is 9.93. The highest BCUT2D eigenvalue weighted by molar-refractivity contribution is 6.30. The van der Waals surface area contributed by atoms with E-state index in [4.69, 9.17) is 16.9 Å². The van der Waals surface area contributed by atoms with Crippen LogP contribution in [-0.2, 0) is 0 Å². The van der Waals surface area contributed by atoms with Crippen LogP contribution < -0.4 is 0 Å². The molecular weight excluding hydrogens is 232 g/mol. The molecule has 0 fully saturated rings. The van der Waals surface area contributed by atoms with Gasteiger partial charge in [-0.05, 0) is 29.8 Å². The van der Waals surface area contributed by atoms with Crippen molar-refractivity contribution in [2.24, 2.45) is 0 Å². The summed E-state index contributed by atoms with van der Waals surface area (Å²) in [5, 5.41) is 9.61. The molecule has 1 aromatic heterocycles. The number of rotatable bonds is 3. The molecule has 0 aliphatic heterocycles. The fourth-order valence-corrected chi connectivity index (χ4v) is 1.89. The smallest absolute Gasteiger partial charge is 0.0632 e. The highest BCUT2D eigenvalue weighted by Gasteiger charge is 2.14. The van der Waals surface area contributed by atoms with E-state index in [2.05, 4.69) is 11.1 Å². The summed E-state index contributed by atoms with van der Waals surface area (Å²) in [6.07, 6.45) is 2.16. The molecule has 0 spiro atoms. The number of hydrogen-bond donors (Lipinski definition) is 0. The number of nitriles is 1. The van der Waals surface area contributed by atoms with Crippen LogP contribution in [0.3, 0.4) is 0 Å². The van der Waals surface area contributed by atoms with Crippen LogP contribution >= 0.6 is 11.6 Å². The first kappa shape index (κ1) is 11.6. The van der Waals surface area contributed by atoms with E-state index >= 15 is 0 Å². The van der Waals surface area contributed by atoms with Gasteiger partial charge in [-0.15, -0.1) is 0 Å². The molecule has 2 rings (SSSR count). The normalized spacial score (nSPS) is 11.8. The Kier molecular flexibility index (Phi) is 3.74. The number of hydrogen-bond acceptors (Lipinski definition) is 2. The lowest BCUT2D eigenvalue weighted by Crippen LogP contribution is -2.02. The van der Waals surface area contributed by atoms with Crippen molar-refractivity contribution in [1.82, 2.24) is 4.98 Å². The Morgan fingerprint density at radius 1 is 1.18 bits per heavy atom. The topological polar surface area (TPSA) is 36.7 Å². The maximum atomic E-state index is 8.91. The summed E-state index contributed by atoms with van der Waals surface area (Å²) in [5.41, 5.74) is 1.98. The summed E-state index contributed by atoms with van der Waals surface area (Å²) in [4.78, 5) is 4.31. The van der Waals surface area contributed by atoms with Gasteiger partial charge in [0, 0.05) is 29.3 Å². The van der Waals surface area contributed by atoms with Gasteiger partial charge < -0.3 is 0 Å². The molecule has 0 aliphatic carbocycles. The third-order valence-electron chi connectivity index (χ3n) is 2.61. The molecule has 2 nitrogen and oxygen atoms in total. The van der Waals surface area contributed by atoms with E-state index in [-0.39, 0.29) is 5.92 Å². The Labute approximate surface area is 105 Å². The Bertz CT molecular complexity index is 514. The van der Waals surface area contributed by atoms with Crippen LogP contribution in [0, 0.1) is 11.3 Å². The van der Waals surface area contributed by atoms with E-state index < -0.39 is 0 Å². The van der Waals surface area contributed by atoms with E-state index in [0.717, 1.165) is 11.3 Å². The average molecular weight is 243 g/mol. The summed E-state index contributed by atoms with van der Waals surface area (Å²) in [6.45, 7) is 0. The Morgan fingerprint density at radius 2 is 1.94 bits per heavy atom. The summed E-state index contributed by atoms with van der Waals surface area (Å²) in [6, 6.07) is 15.5. The van der Waals surface area contributed by atoms with Crippen molar-refractivity contribution in [2.75, 3.05) is 0 Å². The number of nitrogens with zero attached hydrogens (tertiary/aromatic N) is 2. The van der Waals surface area contributed by atoms with Gasteiger partial charge in [-0.3, -0.25) is 4.98 Å². The molecule has 0 bridgehead atoms. The van der Waals surface area contributed by atoms with E-state index in [0.29, 0.717) is 11.4 Å². The second-order valence-electron chi connectivity index (χ2n) is 3.72. The molecule has 0 amide bonds. The minimum absolute atomic E-state index is 0.0125. The fraction of sp³-hybridized carbons (Fsp3) is 0.143. The van der Waals surface area contributed by atoms with Crippen molar-refractivity contribution in [3.63, 3.8) is 0 Å². The standard InChI is InChI=1S/C14H11ClN2/c15-12-6-4-11(5-7-12)13(8-9-16)14-3-1-2-10-17-14/h1-7,10,13H,8H2/t13-/m1/s1. The third kappa shape index (κ3) is 2.83. The SMILES string of the molecule is N#CC[C@H](c1ccc(Cl)cc1)c1ccccn1. The van der Waals surface area contributed by atoms with Crippen molar-refractivity contribution in [1.29, 1.82) is 5.26 Å². The minimum atomic E-state index is 0.0125. The van der Waals surface area contributed by atoms with E-state index in [9.17, 15) is 0 Å². The van der Waals surface area contributed by atoms with Crippen molar-refractivity contribution >= 4 is 11.6 Å². The molecule has 1 atom stereocenters. The van der Waals surface area contributed by atoms with Gasteiger partial charge in [-0.1, -0.05) is 29.8 Å². The molecule has 1 aromatic carbocycles. The molecule has 2 aromatic rings. The van der Waals surface area contributed by atoms with Gasteiger partial charge in [0.15, 0.2) is 0 Å². The van der Waals surface area contributed by atoms with E-state index in [1.807, 2.05) is 42.5 Å². The zero-order chi connectivity index (χ0) is 12.1. The largest absolute Gasteiger partial charge is 0.261 e. The monoisotopic (exact) mass is 242 g/mol. The van der Waals surface area contributed by atoms with Crippen molar-refractivity contribution in [3.05, 3.63) is 64.9 Å². The van der Waals surface area contributed by atoms with Gasteiger partial charge in [0.05, 0.1) is 6.07 Å². The predicted molar refractivity (Wildman–Crippen MR) is 67.8 cm³/mol. The van der Waals surface area contributed by atoms with Crippen molar-refractivity contribution in [2.45, 2.75) is 12.3 Å². The Morgan fingerprint density at radius 3 is 2.53 bits per heavy atom. The fourth-order valence-electron chi connectivity index (χ4n) is 1.76. The van der Waals surface area contributed by atoms with Gasteiger partial charge in [-0.2, -0.15) is 5.26 Å². The first-order valence-electron chi connectivity index (χ1n) is 5.34. The van der Waals surface area contributed by atoms with Crippen LogP contribution in [-0.4, -0.2) is 4.98 Å². The lowest BCUT2D eigenvalue weighted by Gasteiger charge is -2.13. The highest BCUT2D eigenvalue weighted by atomic mass is 35.5. The van der Waals surface area contributed by atoms with Crippen LogP contribution in [0.2, 0.25) is 5.02 Å². The molecule has 17 heavy (non-hydrogen) atoms. The first-order chi connectivity index (χ1) is 8.31. The van der Waals surface area contributed by atoms with Gasteiger partial charge in [-0.25, -0.2) is 0 Å². The summed E-state index contributed by atoms with van der Waals surface area (Å²) >= 11 is 5.86. The third-order valence-corrected chi connectivity index (χ3v) is 2.86. The van der Waals surface area contributed by atoms with Gasteiger partial charge >= 0.3 is 0 Å². The molecular formula is C14H11ClN2. The zero-order valence-electron chi connectivity index (χ0n) is 9.18. The van der Waals surface area contributed by atoms with Crippen LogP contribution in [0.1, 0.15) is 23.6 Å². The Hall–Kier alpha value is -1.85. The number of benzene rings is 1. The molecule has 3 heteroatoms. The van der Waals surface area contributed by atoms with Crippen LogP contribution in [0.15, 0.2) is 48.7 Å². The molecule has 0 saturated carbocycles. The second-order valence-corrected chi connectivity index (χ2v) is 4.16. The molecule has 0 N–H and O–H groups in total. The molecule has 0 saturated heterocycles. The summed E-state index contributed by atoms with van der Waals surface area (Å²) < 4.78 is 0. The predicted octanol–water partition coefficient (Wildman–Crippen LogP) is 3.78. The average Bonchev–Trinajstić information content (AvgIpc) is 2.38. The quantitative estimate of drug-likeness (QED) is 0.821. The van der Waals surface area contributed by atoms with E-state index in [1.54, 1.807) is 6.20 Å². The first-order valence-corrected chi connectivity index (χ1v) is 5.72. The summed E-state index contributed by atoms with van der Waals surface area (Å²) in [5.74, 6) is 0.0125. The molecule has 0 radical (unpaired) electrons. The molecule has 0 unspecified atom stereocenters. The van der Waals surface area contributed by atoms with Gasteiger partial charge in [0.2, 0.25) is 0 Å². The minimum Gasteiger partial charge on any atom is -0.261 e. The maximum Gasteiger partial charge on any atom is 0.0632 e. The lowest BCUT2D eigenvalue weighted by molar-refractivity contribution is 0.802. The number of pyridine rings is 1. The molecule has 84 valence electrons. The maximum absolute atomic E-state index is 8.91. The van der Waals surface area contributed by atoms with Crippen molar-refractivity contribution in [3.8, 4) is 6.07 Å².